The largest absolute Gasteiger partial charge is 0.331 e. The Kier molecular flexibility index (Phi) is 6.79. The average Bonchev–Trinajstić information content (AvgIpc) is 2.71. The van der Waals surface area contributed by atoms with Gasteiger partial charge in [0.25, 0.3) is 11.6 Å². The van der Waals surface area contributed by atoms with Crippen molar-refractivity contribution in [3.8, 4) is 0 Å². The number of rotatable bonds is 6. The minimum absolute atomic E-state index is 0.0134. The lowest BCUT2D eigenvalue weighted by Gasteiger charge is -2.32. The summed E-state index contributed by atoms with van der Waals surface area (Å²) in [5, 5.41) is 14.1. The van der Waals surface area contributed by atoms with Crippen molar-refractivity contribution >= 4 is 23.2 Å². The van der Waals surface area contributed by atoms with Crippen molar-refractivity contribution in [1.82, 2.24) is 4.90 Å². The third kappa shape index (κ3) is 5.21. The smallest absolute Gasteiger partial charge is 0.279 e. The molecule has 1 fully saturated rings. The molecule has 158 valence electrons. The summed E-state index contributed by atoms with van der Waals surface area (Å²) in [5.41, 5.74) is 3.32. The molecule has 1 saturated heterocycles. The number of benzene rings is 2. The van der Waals surface area contributed by atoms with E-state index in [9.17, 15) is 19.7 Å². The predicted molar refractivity (Wildman–Crippen MR) is 113 cm³/mol. The van der Waals surface area contributed by atoms with Crippen molar-refractivity contribution in [2.24, 2.45) is 0 Å². The lowest BCUT2D eigenvalue weighted by molar-refractivity contribution is -0.895. The van der Waals surface area contributed by atoms with Crippen LogP contribution in [0.3, 0.4) is 0 Å². The SMILES string of the molecule is Cc1cccc(C)c1NC(=O)C[NH+]1CCN(C(=O)Cc2ccccc2[N+](=O)[O-])CC1. The third-order valence-corrected chi connectivity index (χ3v) is 5.51. The molecule has 0 bridgehead atoms. The van der Waals surface area contributed by atoms with Gasteiger partial charge in [-0.3, -0.25) is 19.7 Å². The zero-order valence-corrected chi connectivity index (χ0v) is 17.3. The minimum atomic E-state index is -0.459. The van der Waals surface area contributed by atoms with Crippen LogP contribution in [-0.4, -0.2) is 54.4 Å². The maximum Gasteiger partial charge on any atom is 0.279 e. The van der Waals surface area contributed by atoms with Crippen LogP contribution in [0.1, 0.15) is 16.7 Å². The van der Waals surface area contributed by atoms with E-state index in [-0.39, 0.29) is 23.9 Å². The molecule has 2 aromatic carbocycles. The van der Waals surface area contributed by atoms with E-state index in [4.69, 9.17) is 0 Å². The van der Waals surface area contributed by atoms with E-state index >= 15 is 0 Å². The molecule has 0 atom stereocenters. The molecule has 2 aromatic rings. The first kappa shape index (κ1) is 21.4. The number of hydrogen-bond donors (Lipinski definition) is 2. The molecule has 8 heteroatoms. The van der Waals surface area contributed by atoms with Crippen molar-refractivity contribution in [2.45, 2.75) is 20.3 Å². The number of nitro benzene ring substituents is 1. The van der Waals surface area contributed by atoms with Gasteiger partial charge >= 0.3 is 0 Å². The van der Waals surface area contributed by atoms with Crippen LogP contribution < -0.4 is 10.2 Å². The lowest BCUT2D eigenvalue weighted by Crippen LogP contribution is -3.15. The average molecular weight is 411 g/mol. The molecule has 30 heavy (non-hydrogen) atoms. The number of piperazine rings is 1. The molecule has 8 nitrogen and oxygen atoms in total. The van der Waals surface area contributed by atoms with Gasteiger partial charge in [-0.2, -0.15) is 0 Å². The lowest BCUT2D eigenvalue weighted by atomic mass is 10.1. The fourth-order valence-corrected chi connectivity index (χ4v) is 3.78. The van der Waals surface area contributed by atoms with E-state index in [1.165, 1.54) is 6.07 Å². The normalized spacial score (nSPS) is 14.4. The number of aryl methyl sites for hydroxylation is 2. The topological polar surface area (TPSA) is 97.0 Å². The predicted octanol–water partition coefficient (Wildman–Crippen LogP) is 1.12. The first-order valence-electron chi connectivity index (χ1n) is 10.0. The van der Waals surface area contributed by atoms with Crippen LogP contribution in [-0.2, 0) is 16.0 Å². The Labute approximate surface area is 175 Å². The van der Waals surface area contributed by atoms with Gasteiger partial charge in [0.2, 0.25) is 5.91 Å². The van der Waals surface area contributed by atoms with E-state index in [2.05, 4.69) is 5.32 Å². The third-order valence-electron chi connectivity index (χ3n) is 5.51. The first-order valence-corrected chi connectivity index (χ1v) is 10.0. The van der Waals surface area contributed by atoms with Crippen LogP contribution in [0.4, 0.5) is 11.4 Å². The van der Waals surface area contributed by atoms with Crippen molar-refractivity contribution in [2.75, 3.05) is 38.0 Å². The molecule has 1 aliphatic heterocycles. The van der Waals surface area contributed by atoms with Gasteiger partial charge in [-0.05, 0) is 25.0 Å². The highest BCUT2D eigenvalue weighted by Gasteiger charge is 2.27. The maximum atomic E-state index is 12.6. The number of hydrogen-bond acceptors (Lipinski definition) is 4. The van der Waals surface area contributed by atoms with Crippen molar-refractivity contribution in [3.05, 3.63) is 69.3 Å². The second-order valence-corrected chi connectivity index (χ2v) is 7.69. The molecule has 2 N–H and O–H groups in total. The molecule has 0 aliphatic carbocycles. The molecule has 0 unspecified atom stereocenters. The summed E-state index contributed by atoms with van der Waals surface area (Å²) in [7, 11) is 0. The van der Waals surface area contributed by atoms with Gasteiger partial charge in [0.05, 0.1) is 37.5 Å². The highest BCUT2D eigenvalue weighted by atomic mass is 16.6. The van der Waals surface area contributed by atoms with Gasteiger partial charge in [0, 0.05) is 17.3 Å². The molecule has 0 radical (unpaired) electrons. The molecular formula is C22H27N4O4+. The molecular weight excluding hydrogens is 384 g/mol. The Balaban J connectivity index is 1.50. The molecule has 1 heterocycles. The Morgan fingerprint density at radius 2 is 1.70 bits per heavy atom. The molecule has 0 spiro atoms. The molecule has 0 aromatic heterocycles. The summed E-state index contributed by atoms with van der Waals surface area (Å²) in [6.07, 6.45) is 0.0134. The number of amides is 2. The van der Waals surface area contributed by atoms with Gasteiger partial charge in [-0.25, -0.2) is 0 Å². The van der Waals surface area contributed by atoms with E-state index in [0.29, 0.717) is 38.3 Å². The van der Waals surface area contributed by atoms with E-state index < -0.39 is 4.92 Å². The fourth-order valence-electron chi connectivity index (χ4n) is 3.78. The maximum absolute atomic E-state index is 12.6. The highest BCUT2D eigenvalue weighted by Crippen LogP contribution is 2.20. The van der Waals surface area contributed by atoms with Gasteiger partial charge in [0.15, 0.2) is 6.54 Å². The molecule has 1 aliphatic rings. The quantitative estimate of drug-likeness (QED) is 0.550. The summed E-state index contributed by atoms with van der Waals surface area (Å²) in [6, 6.07) is 12.2. The number of nitro groups is 1. The Morgan fingerprint density at radius 3 is 2.33 bits per heavy atom. The van der Waals surface area contributed by atoms with Crippen LogP contribution in [0.5, 0.6) is 0 Å². The van der Waals surface area contributed by atoms with Crippen LogP contribution in [0.25, 0.3) is 0 Å². The summed E-state index contributed by atoms with van der Waals surface area (Å²) >= 11 is 0. The minimum Gasteiger partial charge on any atom is -0.331 e. The molecule has 2 amide bonds. The zero-order chi connectivity index (χ0) is 21.7. The number of anilines is 1. The Morgan fingerprint density at radius 1 is 1.07 bits per heavy atom. The second-order valence-electron chi connectivity index (χ2n) is 7.69. The summed E-state index contributed by atoms with van der Waals surface area (Å²) in [6.45, 7) is 6.69. The standard InChI is InChI=1S/C22H26N4O4/c1-16-6-5-7-17(2)22(16)23-20(27)15-24-10-12-25(13-11-24)21(28)14-18-8-3-4-9-19(18)26(29)30/h3-9H,10-15H2,1-2H3,(H,23,27)/p+1. The van der Waals surface area contributed by atoms with Gasteiger partial charge in [0.1, 0.15) is 0 Å². The van der Waals surface area contributed by atoms with Crippen molar-refractivity contribution < 1.29 is 19.4 Å². The van der Waals surface area contributed by atoms with Crippen molar-refractivity contribution in [3.63, 3.8) is 0 Å². The summed E-state index contributed by atoms with van der Waals surface area (Å²) in [5.74, 6) is -0.162. The second kappa shape index (κ2) is 9.49. The molecule has 3 rings (SSSR count). The van der Waals surface area contributed by atoms with E-state index in [1.54, 1.807) is 23.1 Å². The van der Waals surface area contributed by atoms with Gasteiger partial charge in [-0.1, -0.05) is 36.4 Å². The first-order chi connectivity index (χ1) is 14.3. The Hall–Kier alpha value is -3.26. The van der Waals surface area contributed by atoms with Gasteiger partial charge in [-0.15, -0.1) is 0 Å². The summed E-state index contributed by atoms with van der Waals surface area (Å²) in [4.78, 5) is 38.6. The zero-order valence-electron chi connectivity index (χ0n) is 17.3. The number of quaternary nitrogens is 1. The fraction of sp³-hybridized carbons (Fsp3) is 0.364. The highest BCUT2D eigenvalue weighted by molar-refractivity contribution is 5.93. The van der Waals surface area contributed by atoms with Gasteiger partial charge < -0.3 is 15.1 Å². The number of nitrogens with one attached hydrogen (secondary N) is 2. The van der Waals surface area contributed by atoms with Crippen molar-refractivity contribution in [1.29, 1.82) is 0 Å². The van der Waals surface area contributed by atoms with Crippen LogP contribution in [0.2, 0.25) is 0 Å². The van der Waals surface area contributed by atoms with Crippen LogP contribution in [0, 0.1) is 24.0 Å². The monoisotopic (exact) mass is 411 g/mol. The number of carbonyl (C=O) groups excluding carboxylic acids is 2. The van der Waals surface area contributed by atoms with E-state index in [0.717, 1.165) is 21.7 Å². The number of carbonyl (C=O) groups is 2. The summed E-state index contributed by atoms with van der Waals surface area (Å²) < 4.78 is 0. The number of para-hydroxylation sites is 2. The Bertz CT molecular complexity index is 932. The van der Waals surface area contributed by atoms with Crippen LogP contribution >= 0.6 is 0 Å². The molecule has 0 saturated carbocycles. The van der Waals surface area contributed by atoms with Crippen LogP contribution in [0.15, 0.2) is 42.5 Å². The number of nitrogens with zero attached hydrogens (tertiary/aromatic N) is 2. The van der Waals surface area contributed by atoms with E-state index in [1.807, 2.05) is 32.0 Å².